The number of rotatable bonds is 6. The molecule has 1 heterocycles. The molecule has 0 spiro atoms. The van der Waals surface area contributed by atoms with E-state index in [9.17, 15) is 8.78 Å². The Morgan fingerprint density at radius 3 is 2.62 bits per heavy atom. The van der Waals surface area contributed by atoms with Crippen LogP contribution in [0.1, 0.15) is 24.3 Å². The molecule has 0 saturated carbocycles. The molecule has 3 nitrogen and oxygen atoms in total. The van der Waals surface area contributed by atoms with Gasteiger partial charge >= 0.3 is 0 Å². The van der Waals surface area contributed by atoms with Crippen molar-refractivity contribution in [3.63, 3.8) is 0 Å². The van der Waals surface area contributed by atoms with Crippen molar-refractivity contribution in [2.24, 2.45) is 0 Å². The monoisotopic (exact) mass is 311 g/mol. The topological polar surface area (TPSA) is 28.2 Å². The molecule has 0 atom stereocenters. The molecular weight excluding hydrogens is 292 g/mol. The van der Waals surface area contributed by atoms with Crippen molar-refractivity contribution in [3.05, 3.63) is 40.4 Å². The van der Waals surface area contributed by atoms with E-state index in [1.54, 1.807) is 13.1 Å². The number of benzene rings is 1. The summed E-state index contributed by atoms with van der Waals surface area (Å²) >= 11 is 1.53. The Bertz CT molecular complexity index is 609. The van der Waals surface area contributed by atoms with Gasteiger partial charge in [0.25, 0.3) is 0 Å². The van der Waals surface area contributed by atoms with Crippen LogP contribution in [0.25, 0.3) is 0 Å². The lowest BCUT2D eigenvalue weighted by molar-refractivity contribution is 0.582. The van der Waals surface area contributed by atoms with Crippen molar-refractivity contribution >= 4 is 22.2 Å². The molecule has 0 radical (unpaired) electrons. The number of thiazole rings is 1. The van der Waals surface area contributed by atoms with Gasteiger partial charge in [-0.1, -0.05) is 6.07 Å². The fourth-order valence-electron chi connectivity index (χ4n) is 2.01. The largest absolute Gasteiger partial charge is 0.375 e. The summed E-state index contributed by atoms with van der Waals surface area (Å²) < 4.78 is 27.5. The van der Waals surface area contributed by atoms with Gasteiger partial charge in [0.15, 0.2) is 10.9 Å². The van der Waals surface area contributed by atoms with Gasteiger partial charge in [-0.15, -0.1) is 11.3 Å². The van der Waals surface area contributed by atoms with E-state index in [0.29, 0.717) is 12.1 Å². The minimum Gasteiger partial charge on any atom is -0.375 e. The van der Waals surface area contributed by atoms with Gasteiger partial charge in [-0.3, -0.25) is 0 Å². The van der Waals surface area contributed by atoms with Gasteiger partial charge in [-0.25, -0.2) is 13.8 Å². The maximum Gasteiger partial charge on any atom is 0.185 e. The van der Waals surface area contributed by atoms with E-state index in [1.807, 2.05) is 0 Å². The second kappa shape index (κ2) is 6.85. The Labute approximate surface area is 127 Å². The Balaban J connectivity index is 2.09. The smallest absolute Gasteiger partial charge is 0.185 e. The summed E-state index contributed by atoms with van der Waals surface area (Å²) in [5.74, 6) is -1.12. The van der Waals surface area contributed by atoms with Gasteiger partial charge in [0.05, 0.1) is 6.54 Å². The van der Waals surface area contributed by atoms with Gasteiger partial charge in [0.1, 0.15) is 11.5 Å². The molecule has 0 aliphatic heterocycles. The van der Waals surface area contributed by atoms with E-state index in [1.165, 1.54) is 23.5 Å². The Morgan fingerprint density at radius 1 is 1.24 bits per heavy atom. The molecule has 2 rings (SSSR count). The maximum atomic E-state index is 13.9. The van der Waals surface area contributed by atoms with E-state index < -0.39 is 11.6 Å². The maximum absolute atomic E-state index is 13.9. The summed E-state index contributed by atoms with van der Waals surface area (Å²) in [5, 5.41) is 3.76. The summed E-state index contributed by atoms with van der Waals surface area (Å²) in [6.07, 6.45) is 1.75. The molecule has 0 aliphatic carbocycles. The van der Waals surface area contributed by atoms with E-state index in [0.717, 1.165) is 23.1 Å². The average Bonchev–Trinajstić information content (AvgIpc) is 2.93. The highest BCUT2D eigenvalue weighted by atomic mass is 32.1. The minimum absolute atomic E-state index is 0.0761. The standard InChI is InChI=1S/C15H19F2N3S/c1-4-20(5-2)15-19-9-11(21-15)8-18-14-12(16)7-6-10(3)13(14)17/h6-7,9,18H,4-5,8H2,1-3H3. The molecule has 0 fully saturated rings. The number of hydrogen-bond donors (Lipinski definition) is 1. The molecule has 0 bridgehead atoms. The third kappa shape index (κ3) is 3.50. The molecule has 2 aromatic rings. The molecule has 6 heteroatoms. The van der Waals surface area contributed by atoms with Gasteiger partial charge < -0.3 is 10.2 Å². The molecule has 21 heavy (non-hydrogen) atoms. The zero-order valence-electron chi connectivity index (χ0n) is 12.4. The number of aryl methyl sites for hydroxylation is 1. The first kappa shape index (κ1) is 15.7. The molecule has 0 aliphatic rings. The molecular formula is C15H19F2N3S. The van der Waals surface area contributed by atoms with Crippen molar-refractivity contribution < 1.29 is 8.78 Å². The van der Waals surface area contributed by atoms with Crippen molar-refractivity contribution in [3.8, 4) is 0 Å². The second-order valence-corrected chi connectivity index (χ2v) is 5.78. The van der Waals surface area contributed by atoms with Crippen LogP contribution in [-0.2, 0) is 6.54 Å². The van der Waals surface area contributed by atoms with Crippen LogP contribution in [0.5, 0.6) is 0 Å². The SMILES string of the molecule is CCN(CC)c1ncc(CNc2c(F)ccc(C)c2F)s1. The number of halogens is 2. The summed E-state index contributed by atoms with van der Waals surface area (Å²) in [5.41, 5.74) is 0.347. The normalized spacial score (nSPS) is 10.7. The van der Waals surface area contributed by atoms with E-state index in [4.69, 9.17) is 0 Å². The highest BCUT2D eigenvalue weighted by molar-refractivity contribution is 7.15. The number of nitrogens with one attached hydrogen (secondary N) is 1. The predicted octanol–water partition coefficient (Wildman–Crippen LogP) is 4.19. The highest BCUT2D eigenvalue weighted by Crippen LogP contribution is 2.25. The van der Waals surface area contributed by atoms with Crippen LogP contribution in [0.4, 0.5) is 19.6 Å². The predicted molar refractivity (Wildman–Crippen MR) is 84.1 cm³/mol. The zero-order chi connectivity index (χ0) is 15.4. The van der Waals surface area contributed by atoms with Gasteiger partial charge in [-0.05, 0) is 32.4 Å². The summed E-state index contributed by atoms with van der Waals surface area (Å²) in [6.45, 7) is 7.89. The fourth-order valence-corrected chi connectivity index (χ4v) is 2.99. The molecule has 0 saturated heterocycles. The third-order valence-corrected chi connectivity index (χ3v) is 4.36. The molecule has 1 aromatic heterocycles. The number of aromatic nitrogens is 1. The van der Waals surface area contributed by atoms with E-state index in [-0.39, 0.29) is 5.69 Å². The Morgan fingerprint density at radius 2 is 1.95 bits per heavy atom. The van der Waals surface area contributed by atoms with Gasteiger partial charge in [0.2, 0.25) is 0 Å². The van der Waals surface area contributed by atoms with Crippen molar-refractivity contribution in [1.82, 2.24) is 4.98 Å². The van der Waals surface area contributed by atoms with E-state index >= 15 is 0 Å². The summed E-state index contributed by atoms with van der Waals surface area (Å²) in [7, 11) is 0. The second-order valence-electron chi connectivity index (χ2n) is 4.69. The first-order valence-electron chi connectivity index (χ1n) is 6.94. The van der Waals surface area contributed by atoms with Crippen LogP contribution in [-0.4, -0.2) is 18.1 Å². The molecule has 1 N–H and O–H groups in total. The molecule has 114 valence electrons. The lowest BCUT2D eigenvalue weighted by Crippen LogP contribution is -2.21. The number of hydrogen-bond acceptors (Lipinski definition) is 4. The number of nitrogens with zero attached hydrogens (tertiary/aromatic N) is 2. The van der Waals surface area contributed by atoms with Crippen LogP contribution in [0.2, 0.25) is 0 Å². The summed E-state index contributed by atoms with van der Waals surface area (Å²) in [6, 6.07) is 2.70. The van der Waals surface area contributed by atoms with Crippen LogP contribution < -0.4 is 10.2 Å². The van der Waals surface area contributed by atoms with Gasteiger partial charge in [0, 0.05) is 24.2 Å². The molecule has 1 aromatic carbocycles. The fraction of sp³-hybridized carbons (Fsp3) is 0.400. The van der Waals surface area contributed by atoms with Crippen LogP contribution in [0, 0.1) is 18.6 Å². The highest BCUT2D eigenvalue weighted by Gasteiger charge is 2.12. The first-order valence-corrected chi connectivity index (χ1v) is 7.76. The minimum atomic E-state index is -0.577. The van der Waals surface area contributed by atoms with Gasteiger partial charge in [-0.2, -0.15) is 0 Å². The third-order valence-electron chi connectivity index (χ3n) is 3.30. The van der Waals surface area contributed by atoms with Crippen LogP contribution >= 0.6 is 11.3 Å². The molecule has 0 unspecified atom stereocenters. The molecule has 0 amide bonds. The Hall–Kier alpha value is -1.69. The number of anilines is 2. The van der Waals surface area contributed by atoms with Crippen LogP contribution in [0.15, 0.2) is 18.3 Å². The first-order chi connectivity index (χ1) is 10.1. The average molecular weight is 311 g/mol. The van der Waals surface area contributed by atoms with Crippen molar-refractivity contribution in [2.75, 3.05) is 23.3 Å². The zero-order valence-corrected chi connectivity index (χ0v) is 13.2. The lowest BCUT2D eigenvalue weighted by Gasteiger charge is -2.16. The summed E-state index contributed by atoms with van der Waals surface area (Å²) in [4.78, 5) is 7.43. The van der Waals surface area contributed by atoms with Crippen LogP contribution in [0.3, 0.4) is 0 Å². The van der Waals surface area contributed by atoms with Crippen molar-refractivity contribution in [2.45, 2.75) is 27.3 Å². The van der Waals surface area contributed by atoms with Crippen molar-refractivity contribution in [1.29, 1.82) is 0 Å². The quantitative estimate of drug-likeness (QED) is 0.867. The lowest BCUT2D eigenvalue weighted by atomic mass is 10.2. The van der Waals surface area contributed by atoms with E-state index in [2.05, 4.69) is 29.0 Å². The Kier molecular flexibility index (Phi) is 5.12.